The molecule has 0 aliphatic carbocycles. The van der Waals surface area contributed by atoms with Crippen LogP contribution in [0.5, 0.6) is 0 Å². The molecule has 0 aliphatic heterocycles. The molecule has 0 saturated heterocycles. The first-order chi connectivity index (χ1) is 7.66. The van der Waals surface area contributed by atoms with Gasteiger partial charge in [-0.3, -0.25) is 0 Å². The highest BCUT2D eigenvalue weighted by atomic mass is 16.5. The van der Waals surface area contributed by atoms with Gasteiger partial charge in [-0.05, 0) is 19.9 Å². The fourth-order valence-corrected chi connectivity index (χ4v) is 1.51. The van der Waals surface area contributed by atoms with Gasteiger partial charge in [-0.15, -0.1) is 0 Å². The minimum atomic E-state index is -0.502. The van der Waals surface area contributed by atoms with Gasteiger partial charge < -0.3 is 14.7 Å². The van der Waals surface area contributed by atoms with E-state index in [0.29, 0.717) is 6.61 Å². The number of likely N-dealkylation sites (N-methyl/N-ethyl adjacent to an activating group) is 1. The van der Waals surface area contributed by atoms with Gasteiger partial charge in [-0.1, -0.05) is 6.07 Å². The summed E-state index contributed by atoms with van der Waals surface area (Å²) in [4.78, 5) is 6.29. The minimum Gasteiger partial charge on any atom is -0.389 e. The Labute approximate surface area is 96.9 Å². The standard InChI is InChI=1S/C12H20N2O2/c1-4-16-9-8-14(3)12-11(10(2)15)6-5-7-13-12/h5-7,10,15H,4,8-9H2,1-3H3. The quantitative estimate of drug-likeness (QED) is 0.746. The Morgan fingerprint density at radius 1 is 1.56 bits per heavy atom. The van der Waals surface area contributed by atoms with E-state index >= 15 is 0 Å². The van der Waals surface area contributed by atoms with E-state index in [1.807, 2.05) is 31.0 Å². The number of hydrogen-bond acceptors (Lipinski definition) is 4. The molecule has 90 valence electrons. The maximum Gasteiger partial charge on any atom is 0.134 e. The highest BCUT2D eigenvalue weighted by Gasteiger charge is 2.11. The van der Waals surface area contributed by atoms with Crippen molar-refractivity contribution in [1.82, 2.24) is 4.98 Å². The van der Waals surface area contributed by atoms with Crippen LogP contribution in [0.3, 0.4) is 0 Å². The van der Waals surface area contributed by atoms with Gasteiger partial charge >= 0.3 is 0 Å². The van der Waals surface area contributed by atoms with Crippen molar-refractivity contribution >= 4 is 5.82 Å². The monoisotopic (exact) mass is 224 g/mol. The van der Waals surface area contributed by atoms with Crippen molar-refractivity contribution in [3.05, 3.63) is 23.9 Å². The van der Waals surface area contributed by atoms with E-state index in [4.69, 9.17) is 4.74 Å². The van der Waals surface area contributed by atoms with E-state index in [-0.39, 0.29) is 0 Å². The predicted octanol–water partition coefficient (Wildman–Crippen LogP) is 1.61. The van der Waals surface area contributed by atoms with Gasteiger partial charge in [-0.2, -0.15) is 0 Å². The predicted molar refractivity (Wildman–Crippen MR) is 64.6 cm³/mol. The van der Waals surface area contributed by atoms with Crippen LogP contribution in [0.2, 0.25) is 0 Å². The zero-order valence-electron chi connectivity index (χ0n) is 10.2. The van der Waals surface area contributed by atoms with Crippen LogP contribution < -0.4 is 4.90 Å². The van der Waals surface area contributed by atoms with Crippen molar-refractivity contribution in [2.75, 3.05) is 31.7 Å². The molecule has 1 aromatic heterocycles. The molecule has 1 rings (SSSR count). The lowest BCUT2D eigenvalue weighted by Crippen LogP contribution is -2.25. The van der Waals surface area contributed by atoms with Crippen molar-refractivity contribution in [1.29, 1.82) is 0 Å². The third-order valence-electron chi connectivity index (χ3n) is 2.40. The van der Waals surface area contributed by atoms with Crippen LogP contribution in [0.15, 0.2) is 18.3 Å². The SMILES string of the molecule is CCOCCN(C)c1ncccc1C(C)O. The number of pyridine rings is 1. The number of rotatable bonds is 6. The molecule has 1 heterocycles. The van der Waals surface area contributed by atoms with Gasteiger partial charge in [0.05, 0.1) is 12.7 Å². The van der Waals surface area contributed by atoms with Crippen molar-refractivity contribution in [2.24, 2.45) is 0 Å². The average Bonchev–Trinajstić information content (AvgIpc) is 2.29. The summed E-state index contributed by atoms with van der Waals surface area (Å²) in [6.07, 6.45) is 1.23. The molecule has 0 bridgehead atoms. The second-order valence-electron chi connectivity index (χ2n) is 3.71. The number of aliphatic hydroxyl groups is 1. The molecule has 0 radical (unpaired) electrons. The van der Waals surface area contributed by atoms with Crippen molar-refractivity contribution < 1.29 is 9.84 Å². The molecule has 0 amide bonds. The summed E-state index contributed by atoms with van der Waals surface area (Å²) in [6, 6.07) is 3.73. The van der Waals surface area contributed by atoms with Crippen LogP contribution in [0.1, 0.15) is 25.5 Å². The van der Waals surface area contributed by atoms with Crippen LogP contribution in [0.25, 0.3) is 0 Å². The first kappa shape index (κ1) is 12.9. The second-order valence-corrected chi connectivity index (χ2v) is 3.71. The molecule has 1 N–H and O–H groups in total. The van der Waals surface area contributed by atoms with Crippen molar-refractivity contribution in [3.8, 4) is 0 Å². The Bertz CT molecular complexity index is 316. The molecule has 1 unspecified atom stereocenters. The zero-order chi connectivity index (χ0) is 12.0. The first-order valence-corrected chi connectivity index (χ1v) is 5.58. The molecule has 0 aromatic carbocycles. The third kappa shape index (κ3) is 3.47. The molecular formula is C12H20N2O2. The van der Waals surface area contributed by atoms with E-state index < -0.39 is 6.10 Å². The largest absolute Gasteiger partial charge is 0.389 e. The molecule has 0 aliphatic rings. The van der Waals surface area contributed by atoms with Gasteiger partial charge in [0.2, 0.25) is 0 Å². The Morgan fingerprint density at radius 3 is 2.94 bits per heavy atom. The van der Waals surface area contributed by atoms with Gasteiger partial charge in [-0.25, -0.2) is 4.98 Å². The highest BCUT2D eigenvalue weighted by Crippen LogP contribution is 2.22. The van der Waals surface area contributed by atoms with Gasteiger partial charge in [0, 0.05) is 32.0 Å². The number of aliphatic hydroxyl groups excluding tert-OH is 1. The number of aromatic nitrogens is 1. The average molecular weight is 224 g/mol. The Balaban J connectivity index is 2.70. The van der Waals surface area contributed by atoms with Crippen LogP contribution in [0.4, 0.5) is 5.82 Å². The smallest absolute Gasteiger partial charge is 0.134 e. The molecule has 16 heavy (non-hydrogen) atoms. The molecule has 4 nitrogen and oxygen atoms in total. The lowest BCUT2D eigenvalue weighted by Gasteiger charge is -2.21. The van der Waals surface area contributed by atoms with Gasteiger partial charge in [0.1, 0.15) is 5.82 Å². The van der Waals surface area contributed by atoms with Crippen LogP contribution in [0, 0.1) is 0 Å². The van der Waals surface area contributed by atoms with E-state index in [2.05, 4.69) is 4.98 Å². The van der Waals surface area contributed by atoms with E-state index in [9.17, 15) is 5.11 Å². The van der Waals surface area contributed by atoms with E-state index in [1.165, 1.54) is 0 Å². The first-order valence-electron chi connectivity index (χ1n) is 5.58. The maximum absolute atomic E-state index is 9.63. The summed E-state index contributed by atoms with van der Waals surface area (Å²) in [5.74, 6) is 0.817. The van der Waals surface area contributed by atoms with Gasteiger partial charge in [0.25, 0.3) is 0 Å². The summed E-state index contributed by atoms with van der Waals surface area (Å²) in [7, 11) is 1.95. The minimum absolute atomic E-state index is 0.502. The Kier molecular flexibility index (Phi) is 5.22. The number of hydrogen-bond donors (Lipinski definition) is 1. The van der Waals surface area contributed by atoms with Crippen LogP contribution in [-0.2, 0) is 4.74 Å². The maximum atomic E-state index is 9.63. The molecule has 0 spiro atoms. The molecule has 0 saturated carbocycles. The molecule has 1 aromatic rings. The normalized spacial score (nSPS) is 12.5. The molecule has 1 atom stereocenters. The summed E-state index contributed by atoms with van der Waals surface area (Å²) < 4.78 is 5.29. The van der Waals surface area contributed by atoms with Crippen molar-refractivity contribution in [3.63, 3.8) is 0 Å². The lowest BCUT2D eigenvalue weighted by atomic mass is 10.1. The summed E-state index contributed by atoms with van der Waals surface area (Å²) in [6.45, 7) is 5.88. The molecule has 0 fully saturated rings. The number of anilines is 1. The summed E-state index contributed by atoms with van der Waals surface area (Å²) >= 11 is 0. The number of ether oxygens (including phenoxy) is 1. The second kappa shape index (κ2) is 6.45. The third-order valence-corrected chi connectivity index (χ3v) is 2.40. The van der Waals surface area contributed by atoms with Crippen molar-refractivity contribution in [2.45, 2.75) is 20.0 Å². The Morgan fingerprint density at radius 2 is 2.31 bits per heavy atom. The highest BCUT2D eigenvalue weighted by molar-refractivity contribution is 5.46. The lowest BCUT2D eigenvalue weighted by molar-refractivity contribution is 0.154. The molecular weight excluding hydrogens is 204 g/mol. The van der Waals surface area contributed by atoms with E-state index in [0.717, 1.165) is 24.5 Å². The fraction of sp³-hybridized carbons (Fsp3) is 0.583. The Hall–Kier alpha value is -1.13. The topological polar surface area (TPSA) is 45.6 Å². The number of nitrogens with zero attached hydrogens (tertiary/aromatic N) is 2. The zero-order valence-corrected chi connectivity index (χ0v) is 10.2. The van der Waals surface area contributed by atoms with Gasteiger partial charge in [0.15, 0.2) is 0 Å². The molecule has 4 heteroatoms. The van der Waals surface area contributed by atoms with Crippen LogP contribution >= 0.6 is 0 Å². The van der Waals surface area contributed by atoms with E-state index in [1.54, 1.807) is 13.1 Å². The fourth-order valence-electron chi connectivity index (χ4n) is 1.51. The summed E-state index contributed by atoms with van der Waals surface area (Å²) in [5, 5.41) is 9.63. The summed E-state index contributed by atoms with van der Waals surface area (Å²) in [5.41, 5.74) is 0.849. The van der Waals surface area contributed by atoms with Crippen LogP contribution in [-0.4, -0.2) is 36.9 Å².